The smallest absolute Gasteiger partial charge is 0.303 e. The van der Waals surface area contributed by atoms with Crippen LogP contribution in [0.2, 0.25) is 5.02 Å². The molecule has 11 nitrogen and oxygen atoms in total. The number of thiazole rings is 1. The van der Waals surface area contributed by atoms with Crippen molar-refractivity contribution in [2.75, 3.05) is 13.6 Å². The molecule has 1 saturated carbocycles. The number of likely N-dealkylation sites (N-methyl/N-ethyl adjacent to an activating group) is 1. The maximum Gasteiger partial charge on any atom is 0.303 e. The number of nitrogens with zero attached hydrogens (tertiary/aromatic N) is 2. The Morgan fingerprint density at radius 2 is 1.90 bits per heavy atom. The molecule has 3 aromatic rings. The third-order valence-electron chi connectivity index (χ3n) is 7.35. The van der Waals surface area contributed by atoms with Crippen molar-refractivity contribution < 1.29 is 28.7 Å². The van der Waals surface area contributed by atoms with Gasteiger partial charge in [0.2, 0.25) is 5.78 Å². The number of carbonyl (C=O) groups excluding carboxylic acids is 4. The van der Waals surface area contributed by atoms with E-state index in [1.165, 1.54) is 25.2 Å². The number of aromatic amines is 1. The standard InChI is InChI=1S/C27H30ClN5O6S/c1-13(34)38-20-10-23(32-25(37)26-31-18-6-7-33(3)12-22(18)40-26)27(29,11-21(20)39-14(2)35)24(36)19-9-15-8-16(28)4-5-17(15)30-19/h4-5,8-9,20-21,23,30H,6-7,10-12,29H2,1-3H3,(H,32,37). The van der Waals surface area contributed by atoms with E-state index in [1.54, 1.807) is 24.3 Å². The summed E-state index contributed by atoms with van der Waals surface area (Å²) in [5.74, 6) is -2.18. The summed E-state index contributed by atoms with van der Waals surface area (Å²) in [5, 5.41) is 4.38. The van der Waals surface area contributed by atoms with E-state index in [0.29, 0.717) is 22.5 Å². The number of carbonyl (C=O) groups is 4. The van der Waals surface area contributed by atoms with Crippen molar-refractivity contribution in [1.82, 2.24) is 20.2 Å². The number of ketones is 1. The number of hydrogen-bond donors (Lipinski definition) is 3. The average Bonchev–Trinajstić information content (AvgIpc) is 3.49. The van der Waals surface area contributed by atoms with Crippen LogP contribution in [0.25, 0.3) is 10.9 Å². The van der Waals surface area contributed by atoms with Crippen molar-refractivity contribution in [3.8, 4) is 0 Å². The van der Waals surface area contributed by atoms with E-state index < -0.39 is 47.4 Å². The molecular formula is C27H30ClN5O6S. The maximum absolute atomic E-state index is 14.1. The van der Waals surface area contributed by atoms with E-state index >= 15 is 0 Å². The molecule has 0 saturated heterocycles. The van der Waals surface area contributed by atoms with E-state index in [0.717, 1.165) is 23.5 Å². The zero-order valence-electron chi connectivity index (χ0n) is 22.3. The first-order valence-electron chi connectivity index (χ1n) is 12.9. The van der Waals surface area contributed by atoms with Crippen molar-refractivity contribution in [3.63, 3.8) is 0 Å². The third-order valence-corrected chi connectivity index (χ3v) is 8.67. The summed E-state index contributed by atoms with van der Waals surface area (Å²) >= 11 is 7.43. The Bertz CT molecular complexity index is 1500. The first-order chi connectivity index (χ1) is 18.9. The number of halogens is 1. The predicted molar refractivity (Wildman–Crippen MR) is 148 cm³/mol. The lowest BCUT2D eigenvalue weighted by atomic mass is 9.71. The fourth-order valence-corrected chi connectivity index (χ4v) is 6.70. The summed E-state index contributed by atoms with van der Waals surface area (Å²) in [7, 11) is 2.01. The molecular weight excluding hydrogens is 558 g/mol. The van der Waals surface area contributed by atoms with Crippen LogP contribution in [-0.4, -0.2) is 75.9 Å². The van der Waals surface area contributed by atoms with Gasteiger partial charge in [0.05, 0.1) is 17.4 Å². The molecule has 0 spiro atoms. The summed E-state index contributed by atoms with van der Waals surface area (Å²) in [5.41, 5.74) is 6.93. The molecule has 1 aliphatic carbocycles. The van der Waals surface area contributed by atoms with Crippen molar-refractivity contribution in [2.45, 2.75) is 63.4 Å². The minimum absolute atomic E-state index is 0.0502. The Morgan fingerprint density at radius 3 is 2.62 bits per heavy atom. The van der Waals surface area contributed by atoms with Gasteiger partial charge < -0.3 is 30.4 Å². The molecule has 5 rings (SSSR count). The van der Waals surface area contributed by atoms with Gasteiger partial charge >= 0.3 is 11.9 Å². The van der Waals surface area contributed by atoms with E-state index in [-0.39, 0.29) is 23.5 Å². The van der Waals surface area contributed by atoms with E-state index in [4.69, 9.17) is 26.8 Å². The lowest BCUT2D eigenvalue weighted by molar-refractivity contribution is -0.171. The second-order valence-electron chi connectivity index (χ2n) is 10.4. The molecule has 2 aliphatic rings. The minimum Gasteiger partial charge on any atom is -0.459 e. The largest absolute Gasteiger partial charge is 0.459 e. The van der Waals surface area contributed by atoms with Crippen LogP contribution in [0.3, 0.4) is 0 Å². The number of hydrogen-bond acceptors (Lipinski definition) is 10. The number of rotatable bonds is 6. The highest BCUT2D eigenvalue weighted by Crippen LogP contribution is 2.35. The van der Waals surface area contributed by atoms with Crippen LogP contribution in [0.15, 0.2) is 24.3 Å². The lowest BCUT2D eigenvalue weighted by Crippen LogP contribution is -2.69. The number of aromatic nitrogens is 2. The van der Waals surface area contributed by atoms with Crippen molar-refractivity contribution in [1.29, 1.82) is 0 Å². The van der Waals surface area contributed by atoms with Crippen LogP contribution in [0.5, 0.6) is 0 Å². The van der Waals surface area contributed by atoms with Gasteiger partial charge in [-0.2, -0.15) is 0 Å². The molecule has 3 heterocycles. The molecule has 13 heteroatoms. The SMILES string of the molecule is CC(=O)OC1CC(NC(=O)c2nc3c(s2)CN(C)CC3)C(N)(C(=O)c2cc3cc(Cl)ccc3[nH]2)CC1OC(C)=O. The number of nitrogens with one attached hydrogen (secondary N) is 2. The summed E-state index contributed by atoms with van der Waals surface area (Å²) < 4.78 is 10.9. The number of esters is 2. The van der Waals surface area contributed by atoms with Crippen LogP contribution >= 0.6 is 22.9 Å². The first-order valence-corrected chi connectivity index (χ1v) is 14.1. The molecule has 212 valence electrons. The predicted octanol–water partition coefficient (Wildman–Crippen LogP) is 2.60. The van der Waals surface area contributed by atoms with Crippen LogP contribution in [0.4, 0.5) is 0 Å². The maximum atomic E-state index is 14.1. The monoisotopic (exact) mass is 587 g/mol. The fourth-order valence-electron chi connectivity index (χ4n) is 5.42. The molecule has 1 amide bonds. The fraction of sp³-hybridized carbons (Fsp3) is 0.444. The molecule has 1 aromatic carbocycles. The Hall–Kier alpha value is -3.32. The number of benzene rings is 1. The second-order valence-corrected chi connectivity index (χ2v) is 11.9. The van der Waals surface area contributed by atoms with Crippen molar-refractivity contribution in [2.24, 2.45) is 5.73 Å². The third kappa shape index (κ3) is 5.62. The van der Waals surface area contributed by atoms with Gasteiger partial charge in [-0.1, -0.05) is 11.6 Å². The van der Waals surface area contributed by atoms with Gasteiger partial charge in [-0.15, -0.1) is 11.3 Å². The van der Waals surface area contributed by atoms with Gasteiger partial charge in [0.1, 0.15) is 17.7 Å². The van der Waals surface area contributed by atoms with Crippen LogP contribution in [-0.2, 0) is 32.0 Å². The molecule has 2 aromatic heterocycles. The number of ether oxygens (including phenoxy) is 2. The molecule has 4 N–H and O–H groups in total. The topological polar surface area (TPSA) is 157 Å². The molecule has 0 bridgehead atoms. The Labute approximate surface area is 239 Å². The van der Waals surface area contributed by atoms with Gasteiger partial charge in [0.15, 0.2) is 5.01 Å². The Balaban J connectivity index is 1.49. The average molecular weight is 588 g/mol. The highest BCUT2D eigenvalue weighted by molar-refractivity contribution is 7.13. The van der Waals surface area contributed by atoms with E-state index in [1.807, 2.05) is 7.05 Å². The second kappa shape index (κ2) is 10.9. The first kappa shape index (κ1) is 28.2. The van der Waals surface area contributed by atoms with Gasteiger partial charge in [-0.3, -0.25) is 19.2 Å². The summed E-state index contributed by atoms with van der Waals surface area (Å²) in [4.78, 5) is 62.1. The number of fused-ring (bicyclic) bond motifs is 2. The van der Waals surface area contributed by atoms with Crippen LogP contribution < -0.4 is 11.1 Å². The Morgan fingerprint density at radius 1 is 1.18 bits per heavy atom. The molecule has 40 heavy (non-hydrogen) atoms. The highest BCUT2D eigenvalue weighted by Gasteiger charge is 2.53. The highest BCUT2D eigenvalue weighted by atomic mass is 35.5. The van der Waals surface area contributed by atoms with Crippen molar-refractivity contribution in [3.05, 3.63) is 50.6 Å². The van der Waals surface area contributed by atoms with Crippen LogP contribution in [0, 0.1) is 0 Å². The summed E-state index contributed by atoms with van der Waals surface area (Å²) in [6.07, 6.45) is -1.42. The number of H-pyrrole nitrogens is 1. The zero-order valence-corrected chi connectivity index (χ0v) is 23.9. The number of amides is 1. The molecule has 0 radical (unpaired) electrons. The van der Waals surface area contributed by atoms with Crippen LogP contribution in [0.1, 0.15) is 57.6 Å². The minimum atomic E-state index is -1.71. The number of Topliss-reactive ketones (excluding diaryl/α,β-unsaturated/α-hetero) is 1. The summed E-state index contributed by atoms with van der Waals surface area (Å²) in [6.45, 7) is 4.01. The molecule has 4 unspecified atom stereocenters. The van der Waals surface area contributed by atoms with Gasteiger partial charge in [0, 0.05) is 67.0 Å². The van der Waals surface area contributed by atoms with E-state index in [2.05, 4.69) is 20.2 Å². The lowest BCUT2D eigenvalue weighted by Gasteiger charge is -2.45. The van der Waals surface area contributed by atoms with Crippen molar-refractivity contribution >= 4 is 57.5 Å². The van der Waals surface area contributed by atoms with Gasteiger partial charge in [-0.25, -0.2) is 4.98 Å². The summed E-state index contributed by atoms with van der Waals surface area (Å²) in [6, 6.07) is 5.83. The quantitative estimate of drug-likeness (QED) is 0.291. The normalized spacial score (nSPS) is 24.8. The molecule has 4 atom stereocenters. The molecule has 1 aliphatic heterocycles. The van der Waals surface area contributed by atoms with Gasteiger partial charge in [0.25, 0.3) is 5.91 Å². The van der Waals surface area contributed by atoms with E-state index in [9.17, 15) is 19.2 Å². The Kier molecular flexibility index (Phi) is 7.71. The van der Waals surface area contributed by atoms with Gasteiger partial charge in [-0.05, 0) is 31.3 Å². The molecule has 1 fully saturated rings. The zero-order chi connectivity index (χ0) is 28.8. The number of nitrogens with two attached hydrogens (primary N) is 1.